The molecule has 2 aromatic rings. The first kappa shape index (κ1) is 12.6. The summed E-state index contributed by atoms with van der Waals surface area (Å²) in [5, 5.41) is 4.47. The Morgan fingerprint density at radius 2 is 1.84 bits per heavy atom. The van der Waals surface area contributed by atoms with E-state index in [1.807, 2.05) is 12.1 Å². The van der Waals surface area contributed by atoms with Crippen molar-refractivity contribution in [2.24, 2.45) is 0 Å². The Balaban J connectivity index is 1.92. The van der Waals surface area contributed by atoms with Crippen LogP contribution in [-0.4, -0.2) is 0 Å². The molecule has 98 valence electrons. The first-order valence-corrected chi connectivity index (χ1v) is 7.16. The highest BCUT2D eigenvalue weighted by molar-refractivity contribution is 6.30. The standard InChI is InChI=1S/C17H18ClN/c1-11(2)15-5-3-4-13-10-16(19-17(13)15)12-6-8-14(18)9-7-12/h3-9,11,16,19H,10H2,1-2H3. The lowest BCUT2D eigenvalue weighted by Crippen LogP contribution is -2.06. The lowest BCUT2D eigenvalue weighted by atomic mass is 9.97. The van der Waals surface area contributed by atoms with E-state index in [0.717, 1.165) is 11.4 Å². The van der Waals surface area contributed by atoms with Crippen LogP contribution in [0.5, 0.6) is 0 Å². The molecule has 0 amide bonds. The van der Waals surface area contributed by atoms with Crippen LogP contribution >= 0.6 is 11.6 Å². The van der Waals surface area contributed by atoms with E-state index in [9.17, 15) is 0 Å². The summed E-state index contributed by atoms with van der Waals surface area (Å²) >= 11 is 5.95. The predicted molar refractivity (Wildman–Crippen MR) is 82.1 cm³/mol. The number of benzene rings is 2. The van der Waals surface area contributed by atoms with Gasteiger partial charge in [-0.15, -0.1) is 0 Å². The maximum Gasteiger partial charge on any atom is 0.0555 e. The van der Waals surface area contributed by atoms with Crippen LogP contribution in [0.15, 0.2) is 42.5 Å². The van der Waals surface area contributed by atoms with Crippen LogP contribution in [0.4, 0.5) is 5.69 Å². The van der Waals surface area contributed by atoms with Gasteiger partial charge in [0.05, 0.1) is 6.04 Å². The average molecular weight is 272 g/mol. The fourth-order valence-electron chi connectivity index (χ4n) is 2.79. The molecule has 0 saturated heterocycles. The van der Waals surface area contributed by atoms with Gasteiger partial charge in [0.2, 0.25) is 0 Å². The number of fused-ring (bicyclic) bond motifs is 1. The fraction of sp³-hybridized carbons (Fsp3) is 0.294. The Bertz CT molecular complexity index is 587. The molecule has 1 aliphatic heterocycles. The quantitative estimate of drug-likeness (QED) is 0.794. The van der Waals surface area contributed by atoms with Gasteiger partial charge in [0.15, 0.2) is 0 Å². The zero-order chi connectivity index (χ0) is 13.4. The molecule has 0 radical (unpaired) electrons. The molecule has 0 bridgehead atoms. The molecule has 1 nitrogen and oxygen atoms in total. The number of halogens is 1. The molecule has 19 heavy (non-hydrogen) atoms. The van der Waals surface area contributed by atoms with Gasteiger partial charge in [-0.25, -0.2) is 0 Å². The summed E-state index contributed by atoms with van der Waals surface area (Å²) in [6, 6.07) is 15.1. The molecule has 1 unspecified atom stereocenters. The maximum absolute atomic E-state index is 5.95. The monoisotopic (exact) mass is 271 g/mol. The highest BCUT2D eigenvalue weighted by Crippen LogP contribution is 2.39. The van der Waals surface area contributed by atoms with E-state index >= 15 is 0 Å². The molecule has 0 aromatic heterocycles. The topological polar surface area (TPSA) is 12.0 Å². The van der Waals surface area contributed by atoms with Gasteiger partial charge >= 0.3 is 0 Å². The molecule has 2 aromatic carbocycles. The van der Waals surface area contributed by atoms with Crippen molar-refractivity contribution < 1.29 is 0 Å². The van der Waals surface area contributed by atoms with Crippen molar-refractivity contribution in [1.29, 1.82) is 0 Å². The van der Waals surface area contributed by atoms with Gasteiger partial charge < -0.3 is 5.32 Å². The molecular formula is C17H18ClN. The second kappa shape index (κ2) is 4.90. The largest absolute Gasteiger partial charge is 0.377 e. The molecular weight excluding hydrogens is 254 g/mol. The Kier molecular flexibility index (Phi) is 3.24. The number of rotatable bonds is 2. The molecule has 1 heterocycles. The van der Waals surface area contributed by atoms with Gasteiger partial charge in [0, 0.05) is 10.7 Å². The van der Waals surface area contributed by atoms with Crippen molar-refractivity contribution in [3.63, 3.8) is 0 Å². The number of hydrogen-bond acceptors (Lipinski definition) is 1. The first-order valence-electron chi connectivity index (χ1n) is 6.79. The molecule has 1 aliphatic rings. The second-order valence-electron chi connectivity index (χ2n) is 5.49. The van der Waals surface area contributed by atoms with Crippen LogP contribution in [-0.2, 0) is 6.42 Å². The number of para-hydroxylation sites is 1. The van der Waals surface area contributed by atoms with E-state index in [1.54, 1.807) is 0 Å². The summed E-state index contributed by atoms with van der Waals surface area (Å²) in [6.45, 7) is 4.49. The van der Waals surface area contributed by atoms with E-state index < -0.39 is 0 Å². The van der Waals surface area contributed by atoms with E-state index in [2.05, 4.69) is 49.5 Å². The minimum atomic E-state index is 0.368. The highest BCUT2D eigenvalue weighted by Gasteiger charge is 2.24. The van der Waals surface area contributed by atoms with Crippen LogP contribution in [0, 0.1) is 0 Å². The van der Waals surface area contributed by atoms with Crippen LogP contribution < -0.4 is 5.32 Å². The number of hydrogen-bond donors (Lipinski definition) is 1. The van der Waals surface area contributed by atoms with Crippen molar-refractivity contribution >= 4 is 17.3 Å². The normalized spacial score (nSPS) is 17.4. The molecule has 0 aliphatic carbocycles. The van der Waals surface area contributed by atoms with E-state index in [0.29, 0.717) is 12.0 Å². The van der Waals surface area contributed by atoms with E-state index in [-0.39, 0.29) is 0 Å². The lowest BCUT2D eigenvalue weighted by Gasteiger charge is -2.15. The zero-order valence-corrected chi connectivity index (χ0v) is 12.0. The summed E-state index contributed by atoms with van der Waals surface area (Å²) in [5.41, 5.74) is 5.47. The maximum atomic E-state index is 5.95. The van der Waals surface area contributed by atoms with Crippen LogP contribution in [0.25, 0.3) is 0 Å². The smallest absolute Gasteiger partial charge is 0.0555 e. The van der Waals surface area contributed by atoms with Gasteiger partial charge in [-0.3, -0.25) is 0 Å². The molecule has 3 rings (SSSR count). The van der Waals surface area contributed by atoms with E-state index in [4.69, 9.17) is 11.6 Å². The SMILES string of the molecule is CC(C)c1cccc2c1NC(c1ccc(Cl)cc1)C2. The van der Waals surface area contributed by atoms with Gasteiger partial charge in [0.1, 0.15) is 0 Å². The summed E-state index contributed by atoms with van der Waals surface area (Å²) in [4.78, 5) is 0. The minimum absolute atomic E-state index is 0.368. The van der Waals surface area contributed by atoms with Crippen molar-refractivity contribution in [2.75, 3.05) is 5.32 Å². The Morgan fingerprint density at radius 3 is 2.53 bits per heavy atom. The minimum Gasteiger partial charge on any atom is -0.377 e. The van der Waals surface area contributed by atoms with Crippen molar-refractivity contribution in [3.05, 3.63) is 64.2 Å². The summed E-state index contributed by atoms with van der Waals surface area (Å²) in [7, 11) is 0. The van der Waals surface area contributed by atoms with Gasteiger partial charge in [-0.2, -0.15) is 0 Å². The molecule has 0 saturated carbocycles. The third-order valence-electron chi connectivity index (χ3n) is 3.82. The molecule has 1 atom stereocenters. The van der Waals surface area contributed by atoms with Gasteiger partial charge in [0.25, 0.3) is 0 Å². The molecule has 0 fully saturated rings. The van der Waals surface area contributed by atoms with E-state index in [1.165, 1.54) is 22.4 Å². The highest BCUT2D eigenvalue weighted by atomic mass is 35.5. The van der Waals surface area contributed by atoms with Crippen molar-refractivity contribution in [1.82, 2.24) is 0 Å². The molecule has 0 spiro atoms. The third kappa shape index (κ3) is 2.35. The summed E-state index contributed by atoms with van der Waals surface area (Å²) in [5.74, 6) is 0.548. The van der Waals surface area contributed by atoms with Crippen LogP contribution in [0.2, 0.25) is 5.02 Å². The fourth-order valence-corrected chi connectivity index (χ4v) is 2.91. The zero-order valence-electron chi connectivity index (χ0n) is 11.3. The average Bonchev–Trinajstić information content (AvgIpc) is 2.82. The lowest BCUT2D eigenvalue weighted by molar-refractivity contribution is 0.821. The Hall–Kier alpha value is -1.47. The van der Waals surface area contributed by atoms with Crippen molar-refractivity contribution in [2.45, 2.75) is 32.2 Å². The molecule has 2 heteroatoms. The van der Waals surface area contributed by atoms with Gasteiger partial charge in [-0.05, 0) is 41.2 Å². The van der Waals surface area contributed by atoms with Crippen LogP contribution in [0.1, 0.15) is 42.5 Å². The van der Waals surface area contributed by atoms with Crippen LogP contribution in [0.3, 0.4) is 0 Å². The number of anilines is 1. The Labute approximate surface area is 119 Å². The predicted octanol–water partition coefficient (Wildman–Crippen LogP) is 5.17. The second-order valence-corrected chi connectivity index (χ2v) is 5.93. The van der Waals surface area contributed by atoms with Crippen molar-refractivity contribution in [3.8, 4) is 0 Å². The third-order valence-corrected chi connectivity index (χ3v) is 4.07. The van der Waals surface area contributed by atoms with Gasteiger partial charge in [-0.1, -0.05) is 55.8 Å². The summed E-state index contributed by atoms with van der Waals surface area (Å²) < 4.78 is 0. The molecule has 1 N–H and O–H groups in total. The Morgan fingerprint density at radius 1 is 1.11 bits per heavy atom. The number of nitrogens with one attached hydrogen (secondary N) is 1. The summed E-state index contributed by atoms with van der Waals surface area (Å²) in [6.07, 6.45) is 1.05. The first-order chi connectivity index (χ1) is 9.15.